The van der Waals surface area contributed by atoms with Crippen LogP contribution < -0.4 is 0 Å². The van der Waals surface area contributed by atoms with E-state index in [1.807, 2.05) is 0 Å². The molecular formula is C20H20N2O7S. The molecule has 1 amide bonds. The second kappa shape index (κ2) is 8.80. The van der Waals surface area contributed by atoms with Crippen LogP contribution in [-0.2, 0) is 25.7 Å². The highest BCUT2D eigenvalue weighted by atomic mass is 32.2. The number of nitro benzene ring substituents is 1. The number of carbonyl (C=O) groups is 3. The summed E-state index contributed by atoms with van der Waals surface area (Å²) in [7, 11) is 0. The summed E-state index contributed by atoms with van der Waals surface area (Å²) < 4.78 is 5.36. The molecule has 0 saturated carbocycles. The van der Waals surface area contributed by atoms with Crippen molar-refractivity contribution in [2.45, 2.75) is 39.0 Å². The quantitative estimate of drug-likeness (QED) is 0.166. The Morgan fingerprint density at radius 1 is 1.43 bits per heavy atom. The molecule has 0 bridgehead atoms. The molecule has 3 rings (SSSR count). The van der Waals surface area contributed by atoms with Gasteiger partial charge in [-0.25, -0.2) is 4.79 Å². The van der Waals surface area contributed by atoms with Gasteiger partial charge < -0.3 is 14.7 Å². The highest BCUT2D eigenvalue weighted by Gasteiger charge is 2.57. The van der Waals surface area contributed by atoms with Gasteiger partial charge in [0.2, 0.25) is 5.91 Å². The van der Waals surface area contributed by atoms with E-state index in [0.29, 0.717) is 28.1 Å². The smallest absolute Gasteiger partial charge is 0.356 e. The second-order valence-electron chi connectivity index (χ2n) is 7.03. The first-order chi connectivity index (χ1) is 14.2. The van der Waals surface area contributed by atoms with Crippen LogP contribution in [-0.4, -0.2) is 45.2 Å². The Morgan fingerprint density at radius 3 is 2.67 bits per heavy atom. The van der Waals surface area contributed by atoms with Gasteiger partial charge in [0.05, 0.1) is 23.0 Å². The van der Waals surface area contributed by atoms with Crippen molar-refractivity contribution in [3.63, 3.8) is 0 Å². The summed E-state index contributed by atoms with van der Waals surface area (Å²) in [5, 5.41) is 20.6. The predicted octanol–water partition coefficient (Wildman–Crippen LogP) is 2.30. The van der Waals surface area contributed by atoms with E-state index >= 15 is 0 Å². The van der Waals surface area contributed by atoms with Crippen LogP contribution in [0.3, 0.4) is 0 Å². The molecule has 3 atom stereocenters. The number of carbonyl (C=O) groups excluding carboxylic acids is 3. The van der Waals surface area contributed by atoms with E-state index in [9.17, 15) is 29.6 Å². The zero-order valence-corrected chi connectivity index (χ0v) is 17.1. The number of aldehydes is 1. The SMILES string of the molecule is CC(=CC=O)SC1=C(C(=O)OCc2ccc([N+](=O)[O-])cc2)N2C(=O)[C@H]([C@@H](C)O)[C@H]2C1. The fraction of sp³-hybridized carbons (Fsp3) is 0.350. The molecule has 0 radical (unpaired) electrons. The predicted molar refractivity (Wildman–Crippen MR) is 108 cm³/mol. The minimum absolute atomic E-state index is 0.0714. The molecule has 1 aromatic rings. The summed E-state index contributed by atoms with van der Waals surface area (Å²) in [5.41, 5.74) is 0.609. The zero-order valence-electron chi connectivity index (χ0n) is 16.3. The van der Waals surface area contributed by atoms with Crippen LogP contribution in [0.2, 0.25) is 0 Å². The van der Waals surface area contributed by atoms with Gasteiger partial charge in [-0.05, 0) is 42.5 Å². The number of allylic oxidation sites excluding steroid dienone is 2. The first kappa shape index (κ1) is 21.7. The standard InChI is InChI=1S/C20H20N2O7S/c1-11(7-8-23)30-16-9-15-17(12(2)24)19(25)21(15)18(16)20(26)29-10-13-3-5-14(6-4-13)22(27)28/h3-8,12,15,17,24H,9-10H2,1-2H3/t12-,15-,17-/m1/s1. The number of hydrogen-bond acceptors (Lipinski definition) is 8. The van der Waals surface area contributed by atoms with Gasteiger partial charge in [-0.2, -0.15) is 0 Å². The number of β-lactam (4-membered cyclic amide) rings is 1. The maximum atomic E-state index is 12.8. The molecule has 0 spiro atoms. The van der Waals surface area contributed by atoms with Crippen molar-refractivity contribution < 1.29 is 29.2 Å². The maximum absolute atomic E-state index is 12.8. The van der Waals surface area contributed by atoms with Gasteiger partial charge in [0, 0.05) is 23.5 Å². The Balaban J connectivity index is 1.78. The molecule has 1 aromatic carbocycles. The molecular weight excluding hydrogens is 412 g/mol. The Kier molecular flexibility index (Phi) is 6.37. The number of thioether (sulfide) groups is 1. The minimum atomic E-state index is -0.841. The number of nitro groups is 1. The largest absolute Gasteiger partial charge is 0.456 e. The van der Waals surface area contributed by atoms with Crippen LogP contribution in [0.15, 0.2) is 45.8 Å². The van der Waals surface area contributed by atoms with Crippen LogP contribution >= 0.6 is 11.8 Å². The number of rotatable bonds is 8. The highest BCUT2D eigenvalue weighted by molar-refractivity contribution is 8.06. The van der Waals surface area contributed by atoms with Crippen molar-refractivity contribution in [3.05, 3.63) is 61.5 Å². The monoisotopic (exact) mass is 432 g/mol. The van der Waals surface area contributed by atoms with Crippen LogP contribution in [0, 0.1) is 16.0 Å². The molecule has 2 heterocycles. The van der Waals surface area contributed by atoms with Crippen molar-refractivity contribution >= 4 is 35.6 Å². The molecule has 0 aliphatic carbocycles. The van der Waals surface area contributed by atoms with Crippen LogP contribution in [0.1, 0.15) is 25.8 Å². The van der Waals surface area contributed by atoms with Crippen LogP contribution in [0.5, 0.6) is 0 Å². The molecule has 9 nitrogen and oxygen atoms in total. The number of aliphatic hydroxyl groups excluding tert-OH is 1. The van der Waals surface area contributed by atoms with Crippen molar-refractivity contribution in [1.29, 1.82) is 0 Å². The summed E-state index contributed by atoms with van der Waals surface area (Å²) >= 11 is 1.22. The van der Waals surface area contributed by atoms with E-state index in [2.05, 4.69) is 0 Å². The molecule has 10 heteroatoms. The fourth-order valence-corrected chi connectivity index (χ4v) is 4.61. The molecule has 30 heavy (non-hydrogen) atoms. The van der Waals surface area contributed by atoms with Crippen molar-refractivity contribution in [2.75, 3.05) is 0 Å². The molecule has 1 fully saturated rings. The third kappa shape index (κ3) is 4.14. The number of benzene rings is 1. The lowest BCUT2D eigenvalue weighted by Gasteiger charge is -2.44. The molecule has 0 aromatic heterocycles. The Labute approximate surface area is 176 Å². The van der Waals surface area contributed by atoms with Gasteiger partial charge in [-0.1, -0.05) is 11.8 Å². The third-order valence-electron chi connectivity index (χ3n) is 4.99. The van der Waals surface area contributed by atoms with Crippen molar-refractivity contribution in [3.8, 4) is 0 Å². The maximum Gasteiger partial charge on any atom is 0.356 e. The first-order valence-electron chi connectivity index (χ1n) is 9.19. The average Bonchev–Trinajstić information content (AvgIpc) is 3.00. The molecule has 2 aliphatic heterocycles. The Bertz CT molecular complexity index is 952. The van der Waals surface area contributed by atoms with Gasteiger partial charge in [-0.3, -0.25) is 19.7 Å². The van der Waals surface area contributed by atoms with Gasteiger partial charge in [0.25, 0.3) is 5.69 Å². The van der Waals surface area contributed by atoms with E-state index in [4.69, 9.17) is 4.74 Å². The fourth-order valence-electron chi connectivity index (χ4n) is 3.57. The van der Waals surface area contributed by atoms with Crippen LogP contribution in [0.4, 0.5) is 5.69 Å². The number of ether oxygens (including phenoxy) is 1. The van der Waals surface area contributed by atoms with Gasteiger partial charge in [0.15, 0.2) is 0 Å². The van der Waals surface area contributed by atoms with Crippen molar-refractivity contribution in [2.24, 2.45) is 5.92 Å². The summed E-state index contributed by atoms with van der Waals surface area (Å²) in [5.74, 6) is -1.63. The van der Waals surface area contributed by atoms with E-state index in [0.717, 1.165) is 0 Å². The average molecular weight is 432 g/mol. The normalized spacial score (nSPS) is 21.8. The summed E-state index contributed by atoms with van der Waals surface area (Å²) in [6.07, 6.45) is 1.55. The minimum Gasteiger partial charge on any atom is -0.456 e. The highest BCUT2D eigenvalue weighted by Crippen LogP contribution is 2.48. The number of fused-ring (bicyclic) bond motifs is 1. The number of amides is 1. The zero-order chi connectivity index (χ0) is 22.0. The molecule has 1 saturated heterocycles. The van der Waals surface area contributed by atoms with E-state index < -0.39 is 22.9 Å². The molecule has 0 unspecified atom stereocenters. The summed E-state index contributed by atoms with van der Waals surface area (Å²) in [6, 6.07) is 5.28. The summed E-state index contributed by atoms with van der Waals surface area (Å²) in [6.45, 7) is 3.14. The van der Waals surface area contributed by atoms with Gasteiger partial charge >= 0.3 is 5.97 Å². The molecule has 2 aliphatic rings. The van der Waals surface area contributed by atoms with Crippen LogP contribution in [0.25, 0.3) is 0 Å². The number of esters is 1. The number of aliphatic hydroxyl groups is 1. The van der Waals surface area contributed by atoms with Crippen molar-refractivity contribution in [1.82, 2.24) is 4.90 Å². The topological polar surface area (TPSA) is 127 Å². The molecule has 1 N–H and O–H groups in total. The second-order valence-corrected chi connectivity index (χ2v) is 8.37. The van der Waals surface area contributed by atoms with Gasteiger partial charge in [0.1, 0.15) is 18.6 Å². The number of non-ortho nitro benzene ring substituents is 1. The third-order valence-corrected chi connectivity index (χ3v) is 6.05. The summed E-state index contributed by atoms with van der Waals surface area (Å²) in [4.78, 5) is 48.9. The van der Waals surface area contributed by atoms with E-state index in [1.165, 1.54) is 53.9 Å². The molecule has 158 valence electrons. The first-order valence-corrected chi connectivity index (χ1v) is 10.0. The Morgan fingerprint density at radius 2 is 2.10 bits per heavy atom. The van der Waals surface area contributed by atoms with E-state index in [1.54, 1.807) is 6.92 Å². The van der Waals surface area contributed by atoms with E-state index in [-0.39, 0.29) is 29.9 Å². The number of nitrogens with zero attached hydrogens (tertiary/aromatic N) is 2. The van der Waals surface area contributed by atoms with Gasteiger partial charge in [-0.15, -0.1) is 0 Å². The lowest BCUT2D eigenvalue weighted by Crippen LogP contribution is -2.61. The Hall–Kier alpha value is -2.98. The lowest BCUT2D eigenvalue weighted by atomic mass is 9.83. The lowest BCUT2D eigenvalue weighted by molar-refractivity contribution is -0.384. The number of hydrogen-bond donors (Lipinski definition) is 1.